The fourth-order valence-corrected chi connectivity index (χ4v) is 5.13. The lowest BCUT2D eigenvalue weighted by Gasteiger charge is -2.27. The van der Waals surface area contributed by atoms with Gasteiger partial charge in [0.25, 0.3) is 0 Å². The second-order valence-corrected chi connectivity index (χ2v) is 10.9. The zero-order valence-corrected chi connectivity index (χ0v) is 18.3. The van der Waals surface area contributed by atoms with Crippen molar-refractivity contribution in [1.82, 2.24) is 13.6 Å². The Bertz CT molecular complexity index is 1020. The number of hydrogen-bond donors (Lipinski definition) is 0. The molecule has 30 heavy (non-hydrogen) atoms. The third-order valence-electron chi connectivity index (χ3n) is 4.51. The molecule has 1 heterocycles. The normalized spacial score (nSPS) is 15.7. The van der Waals surface area contributed by atoms with Crippen LogP contribution in [0, 0.1) is 0 Å². The Hall–Kier alpha value is -2.27. The molecule has 0 N–H and O–H groups in total. The van der Waals surface area contributed by atoms with Gasteiger partial charge in [-0.05, 0) is 42.0 Å². The highest BCUT2D eigenvalue weighted by molar-refractivity contribution is 7.95. The minimum atomic E-state index is -3.90. The summed E-state index contributed by atoms with van der Waals surface area (Å²) in [4.78, 5) is 4.30. The molecule has 9 heteroatoms. The maximum absolute atomic E-state index is 13.4. The highest BCUT2D eigenvalue weighted by atomic mass is 32.3. The maximum Gasteiger partial charge on any atom is 0.175 e. The molecule has 3 rings (SSSR count). The molecule has 2 aromatic carbocycles. The number of rotatable bonds is 8. The van der Waals surface area contributed by atoms with Crippen LogP contribution in [0.3, 0.4) is 0 Å². The second-order valence-electron chi connectivity index (χ2n) is 6.84. The van der Waals surface area contributed by atoms with Gasteiger partial charge in [-0.1, -0.05) is 44.8 Å². The smallest absolute Gasteiger partial charge is 0.175 e. The molecule has 3 aromatic rings. The van der Waals surface area contributed by atoms with Crippen molar-refractivity contribution in [2.45, 2.75) is 22.9 Å². The first-order chi connectivity index (χ1) is 14.2. The average molecular weight is 446 g/mol. The van der Waals surface area contributed by atoms with Crippen LogP contribution in [-0.2, 0) is 42.3 Å². The van der Waals surface area contributed by atoms with Gasteiger partial charge < -0.3 is 9.11 Å². The zero-order valence-electron chi connectivity index (χ0n) is 16.7. The summed E-state index contributed by atoms with van der Waals surface area (Å²) in [6, 6.07) is 19.9. The summed E-state index contributed by atoms with van der Waals surface area (Å²) in [6.45, 7) is 0.257. The van der Waals surface area contributed by atoms with Crippen LogP contribution in [0.25, 0.3) is 0 Å². The van der Waals surface area contributed by atoms with E-state index in [4.69, 9.17) is 0 Å². The number of sulfonamides is 2. The van der Waals surface area contributed by atoms with Crippen molar-refractivity contribution in [1.29, 1.82) is 0 Å². The van der Waals surface area contributed by atoms with Gasteiger partial charge in [0.15, 0.2) is 30.6 Å². The molecule has 0 aliphatic carbocycles. The summed E-state index contributed by atoms with van der Waals surface area (Å²) in [5.74, 6) is 0. The zero-order chi connectivity index (χ0) is 21.8. The first-order valence-corrected chi connectivity index (χ1v) is 12.1. The SMILES string of the molecule is CN(C)[S+](=O)([O-])c1ccc([S+](=O)([O-])N(Cc2ccccc2)Cc2ccccn2)cc1. The fraction of sp³-hybridized carbons (Fsp3) is 0.190. The van der Waals surface area contributed by atoms with Crippen LogP contribution in [0.15, 0.2) is 88.8 Å². The van der Waals surface area contributed by atoms with Gasteiger partial charge in [-0.2, -0.15) is 0 Å². The van der Waals surface area contributed by atoms with Crippen LogP contribution in [-0.4, -0.2) is 36.8 Å². The van der Waals surface area contributed by atoms with E-state index in [-0.39, 0.29) is 22.9 Å². The number of aromatic nitrogens is 1. The van der Waals surface area contributed by atoms with E-state index in [1.54, 1.807) is 24.4 Å². The molecule has 0 fully saturated rings. The molecule has 1 aromatic heterocycles. The first-order valence-electron chi connectivity index (χ1n) is 9.18. The van der Waals surface area contributed by atoms with E-state index in [1.165, 1.54) is 42.7 Å². The lowest BCUT2D eigenvalue weighted by Crippen LogP contribution is -2.36. The highest BCUT2D eigenvalue weighted by Gasteiger charge is 2.32. The summed E-state index contributed by atoms with van der Waals surface area (Å²) in [5, 5.41) is 0. The van der Waals surface area contributed by atoms with Gasteiger partial charge in [0.05, 0.1) is 18.8 Å². The number of benzene rings is 2. The van der Waals surface area contributed by atoms with Crippen molar-refractivity contribution in [2.24, 2.45) is 0 Å². The van der Waals surface area contributed by atoms with E-state index in [0.29, 0.717) is 5.69 Å². The van der Waals surface area contributed by atoms with E-state index in [1.807, 2.05) is 30.3 Å². The predicted molar refractivity (Wildman–Crippen MR) is 114 cm³/mol. The Kier molecular flexibility index (Phi) is 6.91. The van der Waals surface area contributed by atoms with Gasteiger partial charge in [-0.3, -0.25) is 4.98 Å². The molecular weight excluding hydrogens is 422 g/mol. The molecule has 0 saturated heterocycles. The average Bonchev–Trinajstić information content (AvgIpc) is 2.74. The quantitative estimate of drug-likeness (QED) is 0.496. The fourth-order valence-electron chi connectivity index (χ4n) is 2.83. The highest BCUT2D eigenvalue weighted by Crippen LogP contribution is 2.27. The number of hydrogen-bond acceptors (Lipinski definition) is 5. The van der Waals surface area contributed by atoms with Crippen molar-refractivity contribution in [2.75, 3.05) is 14.1 Å². The van der Waals surface area contributed by atoms with Crippen LogP contribution in [0.2, 0.25) is 0 Å². The molecule has 0 amide bonds. The van der Waals surface area contributed by atoms with Crippen molar-refractivity contribution in [3.63, 3.8) is 0 Å². The van der Waals surface area contributed by atoms with Gasteiger partial charge >= 0.3 is 0 Å². The molecule has 2 atom stereocenters. The minimum absolute atomic E-state index is 0.0204. The first kappa shape index (κ1) is 22.4. The van der Waals surface area contributed by atoms with Crippen LogP contribution in [0.1, 0.15) is 11.3 Å². The Morgan fingerprint density at radius 2 is 1.33 bits per heavy atom. The van der Waals surface area contributed by atoms with Gasteiger partial charge in [0.2, 0.25) is 0 Å². The Morgan fingerprint density at radius 1 is 0.767 bits per heavy atom. The minimum Gasteiger partial charge on any atom is -0.593 e. The van der Waals surface area contributed by atoms with Gasteiger partial charge in [0, 0.05) is 20.3 Å². The molecule has 2 unspecified atom stereocenters. The van der Waals surface area contributed by atoms with Crippen molar-refractivity contribution in [3.8, 4) is 0 Å². The lowest BCUT2D eigenvalue weighted by molar-refractivity contribution is 0.341. The van der Waals surface area contributed by atoms with Crippen molar-refractivity contribution in [3.05, 3.63) is 90.3 Å². The van der Waals surface area contributed by atoms with Gasteiger partial charge in [0.1, 0.15) is 0 Å². The van der Waals surface area contributed by atoms with Crippen molar-refractivity contribution >= 4 is 20.8 Å². The molecule has 7 nitrogen and oxygen atoms in total. The predicted octanol–water partition coefficient (Wildman–Crippen LogP) is 3.15. The summed E-state index contributed by atoms with van der Waals surface area (Å²) in [5.41, 5.74) is 1.45. The third-order valence-corrected chi connectivity index (χ3v) is 8.14. The third kappa shape index (κ3) is 5.07. The van der Waals surface area contributed by atoms with Crippen molar-refractivity contribution < 1.29 is 17.5 Å². The monoisotopic (exact) mass is 445 g/mol. The molecule has 0 spiro atoms. The van der Waals surface area contributed by atoms with Crippen LogP contribution in [0.5, 0.6) is 0 Å². The van der Waals surface area contributed by atoms with E-state index in [2.05, 4.69) is 4.98 Å². The summed E-state index contributed by atoms with van der Waals surface area (Å²) < 4.78 is 53.7. The number of nitrogens with zero attached hydrogens (tertiary/aromatic N) is 3. The molecule has 158 valence electrons. The van der Waals surface area contributed by atoms with E-state index < -0.39 is 20.8 Å². The van der Waals surface area contributed by atoms with E-state index in [0.717, 1.165) is 9.87 Å². The summed E-state index contributed by atoms with van der Waals surface area (Å²) >= 11 is 0. The van der Waals surface area contributed by atoms with Crippen LogP contribution < -0.4 is 0 Å². The standard InChI is InChI=1S/C21H23N3O4S2/c1-23(2)29(25,26)20-11-13-21(14-12-20)30(27,28)24(16-18-8-4-3-5-9-18)17-19-10-6-7-15-22-19/h3-15H,16-17H2,1-2H3. The van der Waals surface area contributed by atoms with Crippen LogP contribution >= 0.6 is 0 Å². The van der Waals surface area contributed by atoms with Gasteiger partial charge in [-0.15, -0.1) is 8.61 Å². The second kappa shape index (κ2) is 9.25. The largest absolute Gasteiger partial charge is 0.593 e. The molecule has 0 aliphatic heterocycles. The molecule has 0 bridgehead atoms. The Balaban J connectivity index is 1.94. The maximum atomic E-state index is 13.4. The molecule has 0 saturated carbocycles. The summed E-state index contributed by atoms with van der Waals surface area (Å²) in [7, 11) is -4.69. The number of pyridine rings is 1. The summed E-state index contributed by atoms with van der Waals surface area (Å²) in [6.07, 6.45) is 1.61. The molecule has 0 radical (unpaired) electrons. The Labute approximate surface area is 179 Å². The topological polar surface area (TPSA) is 99.6 Å². The van der Waals surface area contributed by atoms with Gasteiger partial charge in [-0.25, -0.2) is 0 Å². The molecule has 0 aliphatic rings. The Morgan fingerprint density at radius 3 is 1.87 bits per heavy atom. The van der Waals surface area contributed by atoms with E-state index in [9.17, 15) is 17.5 Å². The van der Waals surface area contributed by atoms with Crippen LogP contribution in [0.4, 0.5) is 0 Å². The van der Waals surface area contributed by atoms with E-state index >= 15 is 0 Å². The molecular formula is C21H23N3O4S2. The lowest BCUT2D eigenvalue weighted by atomic mass is 10.2.